The van der Waals surface area contributed by atoms with Crippen LogP contribution in [0, 0.1) is 6.92 Å². The van der Waals surface area contributed by atoms with Gasteiger partial charge in [0.05, 0.1) is 5.02 Å². The van der Waals surface area contributed by atoms with Crippen molar-refractivity contribution in [2.45, 2.75) is 40.0 Å². The van der Waals surface area contributed by atoms with Crippen LogP contribution in [0.15, 0.2) is 28.7 Å². The molecule has 1 aromatic carbocycles. The maximum absolute atomic E-state index is 6.14. The van der Waals surface area contributed by atoms with Crippen LogP contribution in [0.3, 0.4) is 0 Å². The highest BCUT2D eigenvalue weighted by molar-refractivity contribution is 9.10. The van der Waals surface area contributed by atoms with Crippen LogP contribution in [-0.2, 0) is 13.2 Å². The van der Waals surface area contributed by atoms with Crippen molar-refractivity contribution >= 4 is 38.9 Å². The van der Waals surface area contributed by atoms with Crippen molar-refractivity contribution in [1.29, 1.82) is 0 Å². The molecule has 2 nitrogen and oxygen atoms in total. The third-order valence-corrected chi connectivity index (χ3v) is 4.93. The summed E-state index contributed by atoms with van der Waals surface area (Å²) in [6, 6.07) is 8.33. The molecule has 0 aliphatic heterocycles. The number of nitrogens with one attached hydrogen (secondary N) is 1. The molecule has 0 saturated carbocycles. The highest BCUT2D eigenvalue weighted by atomic mass is 79.9. The van der Waals surface area contributed by atoms with E-state index in [1.165, 1.54) is 15.3 Å². The maximum atomic E-state index is 6.14. The van der Waals surface area contributed by atoms with E-state index >= 15 is 0 Å². The van der Waals surface area contributed by atoms with Gasteiger partial charge in [-0.1, -0.05) is 41.4 Å². The number of thiophene rings is 1. The Kier molecular flexibility index (Phi) is 6.11. The van der Waals surface area contributed by atoms with Crippen LogP contribution in [0.2, 0.25) is 5.02 Å². The predicted molar refractivity (Wildman–Crippen MR) is 94.5 cm³/mol. The SMILES string of the molecule is Cc1sc(CNC(C)C)cc1COc1cc(Br)ccc1Cl. The Morgan fingerprint density at radius 3 is 2.81 bits per heavy atom. The summed E-state index contributed by atoms with van der Waals surface area (Å²) in [6.45, 7) is 7.88. The van der Waals surface area contributed by atoms with Gasteiger partial charge < -0.3 is 10.1 Å². The summed E-state index contributed by atoms with van der Waals surface area (Å²) in [4.78, 5) is 2.63. The number of rotatable bonds is 6. The van der Waals surface area contributed by atoms with Gasteiger partial charge in [-0.3, -0.25) is 0 Å². The first-order valence-electron chi connectivity index (χ1n) is 6.85. The second kappa shape index (κ2) is 7.63. The largest absolute Gasteiger partial charge is 0.487 e. The van der Waals surface area contributed by atoms with Gasteiger partial charge in [-0.2, -0.15) is 0 Å². The third-order valence-electron chi connectivity index (χ3n) is 3.03. The van der Waals surface area contributed by atoms with Gasteiger partial charge >= 0.3 is 0 Å². The molecule has 0 bridgehead atoms. The summed E-state index contributed by atoms with van der Waals surface area (Å²) in [6.07, 6.45) is 0. The Hall–Kier alpha value is -0.550. The lowest BCUT2D eigenvalue weighted by Crippen LogP contribution is -2.21. The molecule has 0 aliphatic rings. The van der Waals surface area contributed by atoms with Gasteiger partial charge in [0.1, 0.15) is 12.4 Å². The molecule has 1 N–H and O–H groups in total. The number of ether oxygens (including phenoxy) is 1. The first-order chi connectivity index (χ1) is 9.95. The molecule has 1 heterocycles. The smallest absolute Gasteiger partial charge is 0.139 e. The molecular formula is C16H19BrClNOS. The molecule has 114 valence electrons. The molecule has 0 atom stereocenters. The number of hydrogen-bond acceptors (Lipinski definition) is 3. The van der Waals surface area contributed by atoms with E-state index in [0.717, 1.165) is 11.0 Å². The van der Waals surface area contributed by atoms with Crippen LogP contribution in [0.1, 0.15) is 29.2 Å². The molecule has 0 aliphatic carbocycles. The first-order valence-corrected chi connectivity index (χ1v) is 8.84. The fourth-order valence-corrected chi connectivity index (χ4v) is 3.38. The summed E-state index contributed by atoms with van der Waals surface area (Å²) in [5, 5.41) is 4.07. The molecule has 21 heavy (non-hydrogen) atoms. The quantitative estimate of drug-likeness (QED) is 0.700. The molecule has 0 unspecified atom stereocenters. The molecule has 5 heteroatoms. The minimum absolute atomic E-state index is 0.493. The van der Waals surface area contributed by atoms with Gasteiger partial charge in [-0.15, -0.1) is 11.3 Å². The standard InChI is InChI=1S/C16H19BrClNOS/c1-10(2)19-8-14-6-12(11(3)21-14)9-20-16-7-13(17)4-5-15(16)18/h4-7,10,19H,8-9H2,1-3H3. The van der Waals surface area contributed by atoms with E-state index in [9.17, 15) is 0 Å². The number of halogens is 2. The first kappa shape index (κ1) is 16.8. The zero-order valence-corrected chi connectivity index (χ0v) is 15.5. The summed E-state index contributed by atoms with van der Waals surface area (Å²) < 4.78 is 6.81. The van der Waals surface area contributed by atoms with Crippen molar-refractivity contribution in [3.63, 3.8) is 0 Å². The summed E-state index contributed by atoms with van der Waals surface area (Å²) in [7, 11) is 0. The zero-order valence-electron chi connectivity index (χ0n) is 12.4. The molecule has 0 radical (unpaired) electrons. The van der Waals surface area contributed by atoms with Gasteiger partial charge in [0.25, 0.3) is 0 Å². The van der Waals surface area contributed by atoms with E-state index in [2.05, 4.69) is 48.1 Å². The van der Waals surface area contributed by atoms with E-state index in [4.69, 9.17) is 16.3 Å². The topological polar surface area (TPSA) is 21.3 Å². The van der Waals surface area contributed by atoms with Crippen molar-refractivity contribution in [3.05, 3.63) is 49.1 Å². The average molecular weight is 389 g/mol. The van der Waals surface area contributed by atoms with E-state index in [0.29, 0.717) is 23.4 Å². The number of benzene rings is 1. The highest BCUT2D eigenvalue weighted by Crippen LogP contribution is 2.30. The van der Waals surface area contributed by atoms with Gasteiger partial charge in [-0.05, 0) is 31.2 Å². The Morgan fingerprint density at radius 2 is 2.10 bits per heavy atom. The van der Waals surface area contributed by atoms with Gasteiger partial charge in [0.2, 0.25) is 0 Å². The normalized spacial score (nSPS) is 11.1. The van der Waals surface area contributed by atoms with Crippen LogP contribution in [-0.4, -0.2) is 6.04 Å². The molecule has 0 amide bonds. The molecule has 2 rings (SSSR count). The summed E-state index contributed by atoms with van der Waals surface area (Å²) >= 11 is 11.4. The van der Waals surface area contributed by atoms with Crippen LogP contribution in [0.25, 0.3) is 0 Å². The summed E-state index contributed by atoms with van der Waals surface area (Å²) in [5.41, 5.74) is 1.22. The molecule has 1 aromatic heterocycles. The second-order valence-corrected chi connectivity index (χ2v) is 7.86. The molecule has 0 spiro atoms. The lowest BCUT2D eigenvalue weighted by molar-refractivity contribution is 0.306. The van der Waals surface area contributed by atoms with Crippen molar-refractivity contribution < 1.29 is 4.74 Å². The Morgan fingerprint density at radius 1 is 1.33 bits per heavy atom. The van der Waals surface area contributed by atoms with Crippen molar-refractivity contribution in [2.24, 2.45) is 0 Å². The molecule has 2 aromatic rings. The Balaban J connectivity index is 2.01. The third kappa shape index (κ3) is 4.99. The van der Waals surface area contributed by atoms with E-state index in [1.807, 2.05) is 29.5 Å². The average Bonchev–Trinajstić information content (AvgIpc) is 2.78. The van der Waals surface area contributed by atoms with Crippen LogP contribution < -0.4 is 10.1 Å². The maximum Gasteiger partial charge on any atom is 0.139 e. The monoisotopic (exact) mass is 387 g/mol. The highest BCUT2D eigenvalue weighted by Gasteiger charge is 2.08. The Bertz CT molecular complexity index is 612. The van der Waals surface area contributed by atoms with E-state index < -0.39 is 0 Å². The second-order valence-electron chi connectivity index (χ2n) is 5.19. The van der Waals surface area contributed by atoms with Crippen molar-refractivity contribution in [2.75, 3.05) is 0 Å². The predicted octanol–water partition coefficient (Wildman–Crippen LogP) is 5.55. The van der Waals surface area contributed by atoms with Gasteiger partial charge in [0, 0.05) is 32.4 Å². The lowest BCUT2D eigenvalue weighted by Gasteiger charge is -2.08. The zero-order chi connectivity index (χ0) is 15.4. The van der Waals surface area contributed by atoms with E-state index in [-0.39, 0.29) is 0 Å². The minimum atomic E-state index is 0.493. The van der Waals surface area contributed by atoms with Crippen molar-refractivity contribution in [1.82, 2.24) is 5.32 Å². The van der Waals surface area contributed by atoms with Gasteiger partial charge in [0.15, 0.2) is 0 Å². The van der Waals surface area contributed by atoms with Crippen LogP contribution >= 0.6 is 38.9 Å². The number of aryl methyl sites for hydroxylation is 1. The molecule has 0 fully saturated rings. The van der Waals surface area contributed by atoms with Crippen molar-refractivity contribution in [3.8, 4) is 5.75 Å². The van der Waals surface area contributed by atoms with Gasteiger partial charge in [-0.25, -0.2) is 0 Å². The number of hydrogen-bond donors (Lipinski definition) is 1. The van der Waals surface area contributed by atoms with E-state index in [1.54, 1.807) is 0 Å². The fourth-order valence-electron chi connectivity index (χ4n) is 1.87. The van der Waals surface area contributed by atoms with Crippen LogP contribution in [0.4, 0.5) is 0 Å². The lowest BCUT2D eigenvalue weighted by atomic mass is 10.2. The molecular weight excluding hydrogens is 370 g/mol. The van der Waals surface area contributed by atoms with Crippen LogP contribution in [0.5, 0.6) is 5.75 Å². The fraction of sp³-hybridized carbons (Fsp3) is 0.375. The summed E-state index contributed by atoms with van der Waals surface area (Å²) in [5.74, 6) is 0.707. The Labute approximate surface area is 143 Å². The molecule has 0 saturated heterocycles. The minimum Gasteiger partial charge on any atom is -0.487 e.